The summed E-state index contributed by atoms with van der Waals surface area (Å²) < 4.78 is 5.78. The number of amides is 1. The number of nitrogens with two attached hydrogens (primary N) is 1. The molecule has 0 aromatic heterocycles. The van der Waals surface area contributed by atoms with Gasteiger partial charge in [-0.15, -0.1) is 0 Å². The van der Waals surface area contributed by atoms with Gasteiger partial charge in [0.05, 0.1) is 6.61 Å². The van der Waals surface area contributed by atoms with Gasteiger partial charge in [0.2, 0.25) is 5.91 Å². The van der Waals surface area contributed by atoms with Gasteiger partial charge in [-0.2, -0.15) is 0 Å². The highest BCUT2D eigenvalue weighted by molar-refractivity contribution is 5.72. The summed E-state index contributed by atoms with van der Waals surface area (Å²) in [4.78, 5) is 13.5. The molecule has 1 aromatic rings. The van der Waals surface area contributed by atoms with Crippen molar-refractivity contribution in [1.29, 1.82) is 0 Å². The summed E-state index contributed by atoms with van der Waals surface area (Å²) in [6, 6.07) is 8.73. The summed E-state index contributed by atoms with van der Waals surface area (Å²) in [5.41, 5.74) is 1.29. The zero-order chi connectivity index (χ0) is 15.9. The number of rotatable bonds is 7. The van der Waals surface area contributed by atoms with E-state index in [1.807, 2.05) is 12.1 Å². The van der Waals surface area contributed by atoms with Crippen LogP contribution in [-0.2, 0) is 4.79 Å². The molecule has 1 heterocycles. The zero-order valence-electron chi connectivity index (χ0n) is 13.6. The largest absolute Gasteiger partial charge is 0.494 e. The number of carbonyl (C=O) groups is 1. The number of ether oxygens (including phenoxy) is 1. The molecule has 0 radical (unpaired) electrons. The van der Waals surface area contributed by atoms with E-state index in [0.29, 0.717) is 19.2 Å². The summed E-state index contributed by atoms with van der Waals surface area (Å²) in [7, 11) is 0. The number of benzene rings is 1. The number of likely N-dealkylation sites (tertiary alicyclic amines) is 1. The Labute approximate surface area is 133 Å². The van der Waals surface area contributed by atoms with E-state index in [1.165, 1.54) is 43.4 Å². The molecule has 22 heavy (non-hydrogen) atoms. The number of nitrogens with zero attached hydrogens (tertiary/aromatic N) is 2. The van der Waals surface area contributed by atoms with Crippen molar-refractivity contribution < 1.29 is 9.53 Å². The maximum atomic E-state index is 11.0. The predicted octanol–water partition coefficient (Wildman–Crippen LogP) is 2.33. The average Bonchev–Trinajstić information content (AvgIpc) is 3.05. The van der Waals surface area contributed by atoms with Gasteiger partial charge in [0.1, 0.15) is 5.75 Å². The molecule has 5 heteroatoms. The first-order chi connectivity index (χ1) is 10.6. The quantitative estimate of drug-likeness (QED) is 0.363. The van der Waals surface area contributed by atoms with E-state index >= 15 is 0 Å². The van der Waals surface area contributed by atoms with E-state index in [1.54, 1.807) is 0 Å². The van der Waals surface area contributed by atoms with Gasteiger partial charge in [-0.1, -0.05) is 12.1 Å². The van der Waals surface area contributed by atoms with Gasteiger partial charge in [0, 0.05) is 25.9 Å². The molecule has 2 rings (SSSR count). The Kier molecular flexibility index (Phi) is 6.21. The standard InChI is InChI=1S/C17H27N3O2/c1-14(19-9-3-4-10-19)16-7-5-8-17(13-16)22-12-6-11-20(18)15(2)21/h5,7-8,13-14H,3-4,6,9-12,18H2,1-2H3. The molecule has 1 fully saturated rings. The highest BCUT2D eigenvalue weighted by Crippen LogP contribution is 2.26. The van der Waals surface area contributed by atoms with Crippen LogP contribution < -0.4 is 10.6 Å². The number of hydrogen-bond acceptors (Lipinski definition) is 4. The molecule has 2 N–H and O–H groups in total. The van der Waals surface area contributed by atoms with E-state index in [-0.39, 0.29) is 5.91 Å². The van der Waals surface area contributed by atoms with Crippen LogP contribution in [0.4, 0.5) is 0 Å². The molecule has 0 bridgehead atoms. The molecule has 1 saturated heterocycles. The van der Waals surface area contributed by atoms with Crippen LogP contribution in [0.5, 0.6) is 5.75 Å². The highest BCUT2D eigenvalue weighted by Gasteiger charge is 2.19. The fraction of sp³-hybridized carbons (Fsp3) is 0.588. The normalized spacial score (nSPS) is 16.5. The van der Waals surface area contributed by atoms with Gasteiger partial charge in [-0.05, 0) is 50.6 Å². The van der Waals surface area contributed by atoms with Crippen LogP contribution in [0.1, 0.15) is 44.7 Å². The van der Waals surface area contributed by atoms with Crippen LogP contribution in [0.3, 0.4) is 0 Å². The summed E-state index contributed by atoms with van der Waals surface area (Å²) in [6.07, 6.45) is 3.32. The van der Waals surface area contributed by atoms with Crippen molar-refractivity contribution in [3.05, 3.63) is 29.8 Å². The van der Waals surface area contributed by atoms with E-state index in [4.69, 9.17) is 10.6 Å². The first-order valence-corrected chi connectivity index (χ1v) is 8.07. The minimum absolute atomic E-state index is 0.124. The predicted molar refractivity (Wildman–Crippen MR) is 87.4 cm³/mol. The maximum absolute atomic E-state index is 11.0. The molecule has 1 aromatic carbocycles. The molecule has 1 atom stereocenters. The fourth-order valence-electron chi connectivity index (χ4n) is 2.79. The maximum Gasteiger partial charge on any atom is 0.233 e. The Morgan fingerprint density at radius 3 is 2.82 bits per heavy atom. The van der Waals surface area contributed by atoms with Crippen molar-refractivity contribution in [3.63, 3.8) is 0 Å². The number of hydrogen-bond donors (Lipinski definition) is 1. The summed E-state index contributed by atoms with van der Waals surface area (Å²) in [6.45, 7) is 7.16. The minimum atomic E-state index is -0.124. The van der Waals surface area contributed by atoms with Gasteiger partial charge < -0.3 is 4.74 Å². The molecular weight excluding hydrogens is 278 g/mol. The lowest BCUT2D eigenvalue weighted by Crippen LogP contribution is -2.36. The van der Waals surface area contributed by atoms with Crippen LogP contribution in [0, 0.1) is 0 Å². The molecule has 1 aliphatic rings. The first kappa shape index (κ1) is 16.8. The SMILES string of the molecule is CC(=O)N(N)CCCOc1cccc(C(C)N2CCCC2)c1. The Balaban J connectivity index is 1.82. The average molecular weight is 305 g/mol. The second-order valence-electron chi connectivity index (χ2n) is 5.91. The lowest BCUT2D eigenvalue weighted by Gasteiger charge is -2.24. The summed E-state index contributed by atoms with van der Waals surface area (Å²) in [5, 5.41) is 1.22. The third-order valence-electron chi connectivity index (χ3n) is 4.25. The second-order valence-corrected chi connectivity index (χ2v) is 5.91. The molecule has 1 unspecified atom stereocenters. The fourth-order valence-corrected chi connectivity index (χ4v) is 2.79. The molecule has 0 saturated carbocycles. The van der Waals surface area contributed by atoms with Crippen molar-refractivity contribution in [2.75, 3.05) is 26.2 Å². The molecular formula is C17H27N3O2. The van der Waals surface area contributed by atoms with Crippen molar-refractivity contribution in [2.24, 2.45) is 5.84 Å². The lowest BCUT2D eigenvalue weighted by molar-refractivity contribution is -0.129. The topological polar surface area (TPSA) is 58.8 Å². The van der Waals surface area contributed by atoms with E-state index in [0.717, 1.165) is 12.2 Å². The van der Waals surface area contributed by atoms with Crippen LogP contribution in [0.15, 0.2) is 24.3 Å². The third-order valence-corrected chi connectivity index (χ3v) is 4.25. The van der Waals surface area contributed by atoms with Gasteiger partial charge in [-0.3, -0.25) is 14.7 Å². The first-order valence-electron chi connectivity index (χ1n) is 8.07. The van der Waals surface area contributed by atoms with Crippen molar-refractivity contribution in [1.82, 2.24) is 9.91 Å². The van der Waals surface area contributed by atoms with Crippen LogP contribution >= 0.6 is 0 Å². The third kappa shape index (κ3) is 4.71. The molecule has 1 aliphatic heterocycles. The van der Waals surface area contributed by atoms with Gasteiger partial charge in [0.25, 0.3) is 0 Å². The minimum Gasteiger partial charge on any atom is -0.494 e. The summed E-state index contributed by atoms with van der Waals surface area (Å²) >= 11 is 0. The highest BCUT2D eigenvalue weighted by atomic mass is 16.5. The Morgan fingerprint density at radius 2 is 2.14 bits per heavy atom. The Bertz CT molecular complexity index is 487. The van der Waals surface area contributed by atoms with Gasteiger partial charge >= 0.3 is 0 Å². The second kappa shape index (κ2) is 8.15. The molecule has 122 valence electrons. The number of hydrazine groups is 1. The zero-order valence-corrected chi connectivity index (χ0v) is 13.6. The Morgan fingerprint density at radius 1 is 1.41 bits per heavy atom. The Hall–Kier alpha value is -1.59. The van der Waals surface area contributed by atoms with Gasteiger partial charge in [-0.25, -0.2) is 5.84 Å². The molecule has 1 amide bonds. The molecule has 0 spiro atoms. The van der Waals surface area contributed by atoms with Crippen LogP contribution in [-0.4, -0.2) is 42.1 Å². The van der Waals surface area contributed by atoms with E-state index in [2.05, 4.69) is 24.0 Å². The van der Waals surface area contributed by atoms with Gasteiger partial charge in [0.15, 0.2) is 0 Å². The molecule has 0 aliphatic carbocycles. The van der Waals surface area contributed by atoms with Crippen LogP contribution in [0.2, 0.25) is 0 Å². The van der Waals surface area contributed by atoms with Crippen molar-refractivity contribution in [2.45, 2.75) is 39.2 Å². The molecule has 5 nitrogen and oxygen atoms in total. The smallest absolute Gasteiger partial charge is 0.233 e. The van der Waals surface area contributed by atoms with E-state index < -0.39 is 0 Å². The van der Waals surface area contributed by atoms with Crippen molar-refractivity contribution >= 4 is 5.91 Å². The van der Waals surface area contributed by atoms with Crippen LogP contribution in [0.25, 0.3) is 0 Å². The lowest BCUT2D eigenvalue weighted by atomic mass is 10.1. The summed E-state index contributed by atoms with van der Waals surface area (Å²) in [5.74, 6) is 6.31. The number of carbonyl (C=O) groups excluding carboxylic acids is 1. The van der Waals surface area contributed by atoms with E-state index in [9.17, 15) is 4.79 Å². The monoisotopic (exact) mass is 305 g/mol. The van der Waals surface area contributed by atoms with Crippen molar-refractivity contribution in [3.8, 4) is 5.75 Å².